The molecule has 0 unspecified atom stereocenters. The third-order valence-corrected chi connectivity index (χ3v) is 6.62. The van der Waals surface area contributed by atoms with Crippen molar-refractivity contribution >= 4 is 21.6 Å². The molecule has 1 aliphatic heterocycles. The van der Waals surface area contributed by atoms with Crippen LogP contribution in [0.2, 0.25) is 0 Å². The molecule has 0 saturated carbocycles. The summed E-state index contributed by atoms with van der Waals surface area (Å²) in [5.41, 5.74) is 2.10. The quantitative estimate of drug-likeness (QED) is 0.576. The molecule has 0 aromatic heterocycles. The lowest BCUT2D eigenvalue weighted by Gasteiger charge is -2.34. The topological polar surface area (TPSA) is 101 Å². The summed E-state index contributed by atoms with van der Waals surface area (Å²) < 4.78 is 26.9. The van der Waals surface area contributed by atoms with E-state index in [4.69, 9.17) is 0 Å². The van der Waals surface area contributed by atoms with Crippen molar-refractivity contribution in [1.82, 2.24) is 9.21 Å². The lowest BCUT2D eigenvalue weighted by molar-refractivity contribution is -0.387. The van der Waals surface area contributed by atoms with Gasteiger partial charge in [-0.05, 0) is 32.0 Å². The van der Waals surface area contributed by atoms with Crippen LogP contribution in [0.15, 0.2) is 47.4 Å². The number of nitrogens with zero attached hydrogens (tertiary/aromatic N) is 3. The number of aryl methyl sites for hydroxylation is 2. The fourth-order valence-electron chi connectivity index (χ4n) is 3.38. The van der Waals surface area contributed by atoms with E-state index in [0.717, 1.165) is 11.1 Å². The van der Waals surface area contributed by atoms with E-state index in [1.165, 1.54) is 28.6 Å². The number of amides is 1. The third-order valence-electron chi connectivity index (χ3n) is 4.67. The number of carbonyl (C=O) groups excluding carboxylic acids is 1. The summed E-state index contributed by atoms with van der Waals surface area (Å²) in [6, 6.07) is 10.9. The van der Waals surface area contributed by atoms with Gasteiger partial charge in [0.2, 0.25) is 10.0 Å². The Morgan fingerprint density at radius 1 is 1.00 bits per heavy atom. The zero-order valence-corrected chi connectivity index (χ0v) is 16.5. The normalized spacial score (nSPS) is 15.4. The molecular formula is C19H21N3O5S. The Bertz CT molecular complexity index is 1010. The molecule has 1 amide bonds. The molecule has 148 valence electrons. The molecule has 2 aromatic carbocycles. The van der Waals surface area contributed by atoms with Gasteiger partial charge in [0.05, 0.1) is 4.92 Å². The maximum atomic E-state index is 12.9. The Balaban J connectivity index is 1.76. The van der Waals surface area contributed by atoms with Gasteiger partial charge in [0.15, 0.2) is 4.90 Å². The van der Waals surface area contributed by atoms with Gasteiger partial charge in [0.1, 0.15) is 0 Å². The number of rotatable bonds is 4. The highest BCUT2D eigenvalue weighted by atomic mass is 32.2. The van der Waals surface area contributed by atoms with Gasteiger partial charge in [-0.2, -0.15) is 4.31 Å². The Morgan fingerprint density at radius 3 is 2.14 bits per heavy atom. The Kier molecular flexibility index (Phi) is 5.48. The van der Waals surface area contributed by atoms with Gasteiger partial charge in [0.25, 0.3) is 11.6 Å². The molecule has 0 bridgehead atoms. The van der Waals surface area contributed by atoms with E-state index in [9.17, 15) is 23.3 Å². The number of hydrogen-bond donors (Lipinski definition) is 0. The average Bonchev–Trinajstić information content (AvgIpc) is 2.66. The van der Waals surface area contributed by atoms with E-state index in [-0.39, 0.29) is 37.0 Å². The maximum Gasteiger partial charge on any atom is 0.289 e. The van der Waals surface area contributed by atoms with Gasteiger partial charge in [0, 0.05) is 37.8 Å². The summed E-state index contributed by atoms with van der Waals surface area (Å²) in [6.07, 6.45) is 0. The van der Waals surface area contributed by atoms with Gasteiger partial charge in [-0.25, -0.2) is 8.42 Å². The van der Waals surface area contributed by atoms with Crippen molar-refractivity contribution in [2.24, 2.45) is 0 Å². The first kappa shape index (κ1) is 20.0. The number of benzene rings is 2. The zero-order chi connectivity index (χ0) is 20.5. The molecule has 3 rings (SSSR count). The molecular weight excluding hydrogens is 382 g/mol. The van der Waals surface area contributed by atoms with Crippen LogP contribution in [0.4, 0.5) is 5.69 Å². The van der Waals surface area contributed by atoms with Crippen molar-refractivity contribution in [2.45, 2.75) is 18.7 Å². The van der Waals surface area contributed by atoms with Crippen LogP contribution in [0.3, 0.4) is 0 Å². The number of hydrogen-bond acceptors (Lipinski definition) is 5. The second kappa shape index (κ2) is 7.69. The van der Waals surface area contributed by atoms with E-state index >= 15 is 0 Å². The lowest BCUT2D eigenvalue weighted by atomic mass is 10.1. The van der Waals surface area contributed by atoms with Crippen LogP contribution in [0.25, 0.3) is 0 Å². The first-order chi connectivity index (χ1) is 13.2. The molecule has 2 aromatic rings. The summed E-state index contributed by atoms with van der Waals surface area (Å²) in [5.74, 6) is -0.144. The van der Waals surface area contributed by atoms with E-state index in [2.05, 4.69) is 0 Å². The predicted octanol–water partition coefficient (Wildman–Crippen LogP) is 2.36. The number of piperazine rings is 1. The van der Waals surface area contributed by atoms with E-state index < -0.39 is 20.6 Å². The molecule has 9 heteroatoms. The first-order valence-electron chi connectivity index (χ1n) is 8.81. The molecule has 0 spiro atoms. The molecule has 0 N–H and O–H groups in total. The number of nitro groups is 1. The van der Waals surface area contributed by atoms with Crippen LogP contribution in [0.5, 0.6) is 0 Å². The highest BCUT2D eigenvalue weighted by Gasteiger charge is 2.34. The largest absolute Gasteiger partial charge is 0.336 e. The second-order valence-corrected chi connectivity index (χ2v) is 8.70. The van der Waals surface area contributed by atoms with Crippen LogP contribution >= 0.6 is 0 Å². The van der Waals surface area contributed by atoms with Crippen LogP contribution in [-0.2, 0) is 10.0 Å². The fourth-order valence-corrected chi connectivity index (χ4v) is 4.96. The van der Waals surface area contributed by atoms with E-state index in [1.54, 1.807) is 4.90 Å². The first-order valence-corrected chi connectivity index (χ1v) is 10.3. The molecule has 8 nitrogen and oxygen atoms in total. The molecule has 0 aliphatic carbocycles. The standard InChI is InChI=1S/C19H21N3O5S/c1-14-11-15(2)13-16(12-14)19(23)20-7-9-21(10-8-20)28(26,27)18-6-4-3-5-17(18)22(24)25/h3-6,11-13H,7-10H2,1-2H3. The second-order valence-electron chi connectivity index (χ2n) is 6.80. The summed E-state index contributed by atoms with van der Waals surface area (Å²) in [5, 5.41) is 11.2. The fraction of sp³-hybridized carbons (Fsp3) is 0.316. The summed E-state index contributed by atoms with van der Waals surface area (Å²) in [7, 11) is -4.01. The van der Waals surface area contributed by atoms with Crippen LogP contribution in [0.1, 0.15) is 21.5 Å². The number of carbonyl (C=O) groups is 1. The SMILES string of the molecule is Cc1cc(C)cc(C(=O)N2CCN(S(=O)(=O)c3ccccc3[N+](=O)[O-])CC2)c1. The molecule has 1 aliphatic rings. The van der Waals surface area contributed by atoms with Gasteiger partial charge >= 0.3 is 0 Å². The highest BCUT2D eigenvalue weighted by molar-refractivity contribution is 7.89. The smallest absolute Gasteiger partial charge is 0.289 e. The molecule has 1 fully saturated rings. The monoisotopic (exact) mass is 403 g/mol. The minimum absolute atomic E-state index is 0.0882. The van der Waals surface area contributed by atoms with Crippen molar-refractivity contribution in [2.75, 3.05) is 26.2 Å². The van der Waals surface area contributed by atoms with Crippen LogP contribution in [-0.4, -0.2) is 54.6 Å². The van der Waals surface area contributed by atoms with Crippen molar-refractivity contribution in [3.63, 3.8) is 0 Å². The zero-order valence-electron chi connectivity index (χ0n) is 15.7. The Morgan fingerprint density at radius 2 is 1.57 bits per heavy atom. The molecule has 1 saturated heterocycles. The predicted molar refractivity (Wildman–Crippen MR) is 104 cm³/mol. The van der Waals surface area contributed by atoms with E-state index in [1.807, 2.05) is 32.0 Å². The van der Waals surface area contributed by atoms with E-state index in [0.29, 0.717) is 5.56 Å². The molecule has 0 atom stereocenters. The minimum atomic E-state index is -4.01. The summed E-state index contributed by atoms with van der Waals surface area (Å²) in [4.78, 5) is 24.5. The number of para-hydroxylation sites is 1. The number of sulfonamides is 1. The third kappa shape index (κ3) is 3.90. The van der Waals surface area contributed by atoms with Gasteiger partial charge in [-0.3, -0.25) is 14.9 Å². The minimum Gasteiger partial charge on any atom is -0.336 e. The van der Waals surface area contributed by atoms with Crippen LogP contribution in [0, 0.1) is 24.0 Å². The Hall–Kier alpha value is -2.78. The van der Waals surface area contributed by atoms with Gasteiger partial charge in [-0.1, -0.05) is 29.3 Å². The van der Waals surface area contributed by atoms with Crippen molar-refractivity contribution in [3.8, 4) is 0 Å². The van der Waals surface area contributed by atoms with Crippen LogP contribution < -0.4 is 0 Å². The summed E-state index contributed by atoms with van der Waals surface area (Å²) >= 11 is 0. The lowest BCUT2D eigenvalue weighted by Crippen LogP contribution is -2.50. The molecule has 28 heavy (non-hydrogen) atoms. The molecule has 0 radical (unpaired) electrons. The van der Waals surface area contributed by atoms with Gasteiger partial charge in [-0.15, -0.1) is 0 Å². The Labute approximate surface area is 163 Å². The molecule has 1 heterocycles. The maximum absolute atomic E-state index is 12.9. The van der Waals surface area contributed by atoms with Crippen molar-refractivity contribution in [1.29, 1.82) is 0 Å². The number of nitro benzene ring substituents is 1. The summed E-state index contributed by atoms with van der Waals surface area (Å²) in [6.45, 7) is 4.47. The average molecular weight is 403 g/mol. The van der Waals surface area contributed by atoms with Gasteiger partial charge < -0.3 is 4.90 Å². The van der Waals surface area contributed by atoms with Crippen molar-refractivity contribution < 1.29 is 18.1 Å². The van der Waals surface area contributed by atoms with Crippen molar-refractivity contribution in [3.05, 3.63) is 69.3 Å². The highest BCUT2D eigenvalue weighted by Crippen LogP contribution is 2.27.